The molecule has 0 atom stereocenters. The Balaban J connectivity index is 4.56. The average Bonchev–Trinajstić information content (AvgIpc) is 2.27. The number of unbranched alkanes of at least 4 members (excludes halogenated alkanes) is 1. The maximum Gasteiger partial charge on any atom is 0.245 e. The predicted molar refractivity (Wildman–Crippen MR) is 83.0 cm³/mol. The van der Waals surface area contributed by atoms with Crippen LogP contribution in [0.1, 0.15) is 54.4 Å². The highest BCUT2D eigenvalue weighted by Crippen LogP contribution is 2.21. The topological polar surface area (TPSA) is 85.2 Å². The maximum atomic E-state index is 12.1. The van der Waals surface area contributed by atoms with E-state index in [1.54, 1.807) is 13.8 Å². The lowest BCUT2D eigenvalue weighted by molar-refractivity contribution is -0.124. The SMILES string of the molecule is CCCCNC(C)(C)C(=O)NC(=N)/C=C(\O)C(C)(C)C. The molecule has 0 saturated carbocycles. The fourth-order valence-corrected chi connectivity index (χ4v) is 1.33. The van der Waals surface area contributed by atoms with E-state index in [1.165, 1.54) is 6.08 Å². The van der Waals surface area contributed by atoms with Gasteiger partial charge in [-0.3, -0.25) is 10.2 Å². The number of aliphatic hydroxyl groups excluding tert-OH is 1. The van der Waals surface area contributed by atoms with Gasteiger partial charge in [0.2, 0.25) is 5.91 Å². The van der Waals surface area contributed by atoms with Gasteiger partial charge in [0.25, 0.3) is 0 Å². The van der Waals surface area contributed by atoms with Crippen LogP contribution in [0, 0.1) is 10.8 Å². The number of amidine groups is 1. The first-order chi connectivity index (χ1) is 9.00. The van der Waals surface area contributed by atoms with Crippen LogP contribution in [0.4, 0.5) is 0 Å². The van der Waals surface area contributed by atoms with Crippen LogP contribution < -0.4 is 10.6 Å². The Morgan fingerprint density at radius 3 is 2.25 bits per heavy atom. The van der Waals surface area contributed by atoms with E-state index in [-0.39, 0.29) is 17.5 Å². The van der Waals surface area contributed by atoms with Crippen LogP contribution in [-0.2, 0) is 4.79 Å². The zero-order chi connectivity index (χ0) is 16.0. The molecule has 5 heteroatoms. The number of rotatable bonds is 6. The average molecular weight is 283 g/mol. The minimum atomic E-state index is -0.743. The second-order valence-electron chi connectivity index (χ2n) is 6.55. The quantitative estimate of drug-likeness (QED) is 0.262. The molecule has 4 N–H and O–H groups in total. The Labute approximate surface area is 122 Å². The Morgan fingerprint density at radius 1 is 1.25 bits per heavy atom. The number of aliphatic hydroxyl groups is 1. The summed E-state index contributed by atoms with van der Waals surface area (Å²) in [5.74, 6) is -0.316. The van der Waals surface area contributed by atoms with Gasteiger partial charge in [-0.15, -0.1) is 0 Å². The van der Waals surface area contributed by atoms with Gasteiger partial charge in [-0.2, -0.15) is 0 Å². The molecular weight excluding hydrogens is 254 g/mol. The molecule has 1 amide bonds. The predicted octanol–water partition coefficient (Wildman–Crippen LogP) is 2.74. The van der Waals surface area contributed by atoms with Crippen molar-refractivity contribution in [2.75, 3.05) is 6.54 Å². The van der Waals surface area contributed by atoms with E-state index in [4.69, 9.17) is 5.41 Å². The van der Waals surface area contributed by atoms with Crippen molar-refractivity contribution in [3.05, 3.63) is 11.8 Å². The van der Waals surface area contributed by atoms with E-state index >= 15 is 0 Å². The van der Waals surface area contributed by atoms with Crippen molar-refractivity contribution in [3.8, 4) is 0 Å². The Bertz CT molecular complexity index is 379. The lowest BCUT2D eigenvalue weighted by Gasteiger charge is -2.25. The molecule has 5 nitrogen and oxygen atoms in total. The van der Waals surface area contributed by atoms with Gasteiger partial charge in [0, 0.05) is 11.5 Å². The number of hydrogen-bond donors (Lipinski definition) is 4. The lowest BCUT2D eigenvalue weighted by Crippen LogP contribution is -2.54. The zero-order valence-electron chi connectivity index (χ0n) is 13.6. The van der Waals surface area contributed by atoms with E-state index in [0.717, 1.165) is 19.4 Å². The zero-order valence-corrected chi connectivity index (χ0v) is 13.6. The standard InChI is InChI=1S/C15H29N3O2/c1-7-8-9-17-15(5,6)13(20)18-12(16)10-11(19)14(2,3)4/h10,17,19H,7-9H2,1-6H3,(H2,16,18,20)/b11-10-. The van der Waals surface area contributed by atoms with Gasteiger partial charge in [-0.1, -0.05) is 34.1 Å². The molecule has 0 aliphatic heterocycles. The van der Waals surface area contributed by atoms with Crippen molar-refractivity contribution in [2.24, 2.45) is 5.41 Å². The summed E-state index contributed by atoms with van der Waals surface area (Å²) in [5, 5.41) is 23.2. The number of allylic oxidation sites excluding steroid dienone is 1. The third-order valence-electron chi connectivity index (χ3n) is 2.96. The molecule has 0 unspecified atom stereocenters. The highest BCUT2D eigenvalue weighted by Gasteiger charge is 2.27. The summed E-state index contributed by atoms with van der Waals surface area (Å²) in [7, 11) is 0. The molecule has 0 rings (SSSR count). The van der Waals surface area contributed by atoms with Crippen LogP contribution in [0.2, 0.25) is 0 Å². The molecule has 0 saturated heterocycles. The van der Waals surface area contributed by atoms with Crippen molar-refractivity contribution in [1.82, 2.24) is 10.6 Å². The van der Waals surface area contributed by atoms with Gasteiger partial charge in [0.1, 0.15) is 11.6 Å². The molecule has 0 aromatic rings. The maximum absolute atomic E-state index is 12.1. The summed E-state index contributed by atoms with van der Waals surface area (Å²) in [6, 6.07) is 0. The molecule has 0 aromatic carbocycles. The summed E-state index contributed by atoms with van der Waals surface area (Å²) >= 11 is 0. The largest absolute Gasteiger partial charge is 0.512 e. The van der Waals surface area contributed by atoms with Crippen molar-refractivity contribution in [1.29, 1.82) is 5.41 Å². The van der Waals surface area contributed by atoms with Crippen molar-refractivity contribution in [2.45, 2.75) is 59.9 Å². The first kappa shape index (κ1) is 18.6. The number of carbonyl (C=O) groups excluding carboxylic acids is 1. The molecule has 0 radical (unpaired) electrons. The van der Waals surface area contributed by atoms with Crippen LogP contribution in [0.25, 0.3) is 0 Å². The molecule has 116 valence electrons. The third kappa shape index (κ3) is 6.70. The highest BCUT2D eigenvalue weighted by molar-refractivity contribution is 6.05. The number of hydrogen-bond acceptors (Lipinski definition) is 4. The molecular formula is C15H29N3O2. The van der Waals surface area contributed by atoms with Gasteiger partial charge in [0.05, 0.1) is 5.54 Å². The van der Waals surface area contributed by atoms with E-state index in [0.29, 0.717) is 0 Å². The molecule has 0 spiro atoms. The summed E-state index contributed by atoms with van der Waals surface area (Å²) in [5.41, 5.74) is -1.18. The van der Waals surface area contributed by atoms with Crippen LogP contribution in [0.3, 0.4) is 0 Å². The number of carbonyl (C=O) groups is 1. The van der Waals surface area contributed by atoms with E-state index in [2.05, 4.69) is 17.6 Å². The minimum Gasteiger partial charge on any atom is -0.512 e. The van der Waals surface area contributed by atoms with Gasteiger partial charge in [-0.05, 0) is 26.8 Å². The summed E-state index contributed by atoms with van der Waals surface area (Å²) < 4.78 is 0. The van der Waals surface area contributed by atoms with Gasteiger partial charge in [-0.25, -0.2) is 0 Å². The summed E-state index contributed by atoms with van der Waals surface area (Å²) in [4.78, 5) is 12.1. The van der Waals surface area contributed by atoms with Crippen LogP contribution >= 0.6 is 0 Å². The first-order valence-corrected chi connectivity index (χ1v) is 7.07. The van der Waals surface area contributed by atoms with Crippen molar-refractivity contribution in [3.63, 3.8) is 0 Å². The second kappa shape index (κ2) is 7.43. The lowest BCUT2D eigenvalue weighted by atomic mass is 9.93. The molecule has 0 aliphatic rings. The fourth-order valence-electron chi connectivity index (χ4n) is 1.33. The molecule has 20 heavy (non-hydrogen) atoms. The highest BCUT2D eigenvalue weighted by atomic mass is 16.3. The van der Waals surface area contributed by atoms with Crippen LogP contribution in [-0.4, -0.2) is 28.9 Å². The fraction of sp³-hybridized carbons (Fsp3) is 0.733. The third-order valence-corrected chi connectivity index (χ3v) is 2.96. The number of amides is 1. The molecule has 0 heterocycles. The van der Waals surface area contributed by atoms with Crippen molar-refractivity contribution >= 4 is 11.7 Å². The Hall–Kier alpha value is -1.36. The second-order valence-corrected chi connectivity index (χ2v) is 6.55. The van der Waals surface area contributed by atoms with E-state index < -0.39 is 11.0 Å². The first-order valence-electron chi connectivity index (χ1n) is 7.07. The van der Waals surface area contributed by atoms with Gasteiger partial charge >= 0.3 is 0 Å². The van der Waals surface area contributed by atoms with E-state index in [1.807, 2.05) is 20.8 Å². The number of nitrogens with one attached hydrogen (secondary N) is 3. The normalized spacial score (nSPS) is 13.2. The molecule has 0 bridgehead atoms. The molecule has 0 aromatic heterocycles. The molecule has 0 aliphatic carbocycles. The van der Waals surface area contributed by atoms with Crippen LogP contribution in [0.15, 0.2) is 11.8 Å². The van der Waals surface area contributed by atoms with Gasteiger partial charge in [0.15, 0.2) is 0 Å². The Morgan fingerprint density at radius 2 is 1.80 bits per heavy atom. The summed E-state index contributed by atoms with van der Waals surface area (Å²) in [6.45, 7) is 11.9. The minimum absolute atomic E-state index is 0.0690. The monoisotopic (exact) mass is 283 g/mol. The van der Waals surface area contributed by atoms with Gasteiger partial charge < -0.3 is 15.7 Å². The van der Waals surface area contributed by atoms with Crippen molar-refractivity contribution < 1.29 is 9.90 Å². The molecule has 0 fully saturated rings. The smallest absolute Gasteiger partial charge is 0.245 e. The van der Waals surface area contributed by atoms with Crippen LogP contribution in [0.5, 0.6) is 0 Å². The summed E-state index contributed by atoms with van der Waals surface area (Å²) in [6.07, 6.45) is 3.33. The van der Waals surface area contributed by atoms with E-state index in [9.17, 15) is 9.90 Å². The Kier molecular flexibility index (Phi) is 6.92.